The van der Waals surface area contributed by atoms with Crippen LogP contribution in [0.25, 0.3) is 0 Å². The van der Waals surface area contributed by atoms with Gasteiger partial charge in [-0.25, -0.2) is 14.8 Å². The summed E-state index contributed by atoms with van der Waals surface area (Å²) in [5.41, 5.74) is 0.447. The summed E-state index contributed by atoms with van der Waals surface area (Å²) >= 11 is 0. The maximum absolute atomic E-state index is 11.8. The van der Waals surface area contributed by atoms with Gasteiger partial charge in [-0.3, -0.25) is 0 Å². The van der Waals surface area contributed by atoms with Gasteiger partial charge in [0.15, 0.2) is 0 Å². The normalized spacial score (nSPS) is 14.6. The lowest BCUT2D eigenvalue weighted by Crippen LogP contribution is -2.35. The molecule has 1 aromatic rings. The van der Waals surface area contributed by atoms with Crippen molar-refractivity contribution in [3.8, 4) is 0 Å². The Hall–Kier alpha value is -1.65. The highest BCUT2D eigenvalue weighted by Crippen LogP contribution is 2.32. The van der Waals surface area contributed by atoms with Crippen LogP contribution in [0, 0.1) is 12.8 Å². The highest BCUT2D eigenvalue weighted by atomic mass is 16.5. The van der Waals surface area contributed by atoms with Crippen LogP contribution >= 0.6 is 0 Å². The molecule has 0 aliphatic heterocycles. The molecule has 1 aliphatic carbocycles. The molecule has 1 aromatic heterocycles. The summed E-state index contributed by atoms with van der Waals surface area (Å²) in [5.74, 6) is 1.71. The van der Waals surface area contributed by atoms with Gasteiger partial charge in [0.2, 0.25) is 0 Å². The number of carbonyl (C=O) groups is 1. The molecular weight excluding hydrogens is 242 g/mol. The molecule has 1 aliphatic rings. The molecule has 0 unspecified atom stereocenters. The molecule has 1 fully saturated rings. The lowest BCUT2D eigenvalue weighted by Gasteiger charge is -2.29. The van der Waals surface area contributed by atoms with E-state index in [1.165, 1.54) is 20.0 Å². The van der Waals surface area contributed by atoms with Crippen LogP contribution in [0.15, 0.2) is 6.20 Å². The molecule has 104 valence electrons. The number of esters is 1. The summed E-state index contributed by atoms with van der Waals surface area (Å²) in [6.45, 7) is 7.00. The number of hydrogen-bond acceptors (Lipinski definition) is 5. The number of aryl methyl sites for hydroxylation is 1. The highest BCUT2D eigenvalue weighted by Gasteiger charge is 2.29. The smallest absolute Gasteiger partial charge is 0.343 e. The van der Waals surface area contributed by atoms with Crippen molar-refractivity contribution in [3.63, 3.8) is 0 Å². The zero-order valence-corrected chi connectivity index (χ0v) is 12.0. The molecule has 0 radical (unpaired) electrons. The third-order valence-electron chi connectivity index (χ3n) is 3.34. The van der Waals surface area contributed by atoms with Gasteiger partial charge in [-0.2, -0.15) is 0 Å². The van der Waals surface area contributed by atoms with Crippen LogP contribution < -0.4 is 4.90 Å². The second-order valence-corrected chi connectivity index (χ2v) is 5.34. The van der Waals surface area contributed by atoms with E-state index in [-0.39, 0.29) is 5.97 Å². The van der Waals surface area contributed by atoms with Gasteiger partial charge < -0.3 is 9.64 Å². The molecule has 0 atom stereocenters. The average Bonchev–Trinajstić information content (AvgIpc) is 3.18. The van der Waals surface area contributed by atoms with Crippen LogP contribution in [-0.2, 0) is 4.74 Å². The van der Waals surface area contributed by atoms with E-state index in [9.17, 15) is 4.79 Å². The first kappa shape index (κ1) is 13.8. The Balaban J connectivity index is 2.37. The van der Waals surface area contributed by atoms with Gasteiger partial charge in [-0.15, -0.1) is 0 Å². The molecule has 0 N–H and O–H groups in total. The van der Waals surface area contributed by atoms with Crippen LogP contribution in [0.4, 0.5) is 5.82 Å². The Morgan fingerprint density at radius 2 is 2.21 bits per heavy atom. The molecule has 1 heterocycles. The third kappa shape index (κ3) is 3.22. The van der Waals surface area contributed by atoms with Gasteiger partial charge >= 0.3 is 5.97 Å². The number of ether oxygens (including phenoxy) is 1. The maximum atomic E-state index is 11.8. The summed E-state index contributed by atoms with van der Waals surface area (Å²) in [7, 11) is 1.38. The fourth-order valence-electron chi connectivity index (χ4n) is 2.05. The van der Waals surface area contributed by atoms with Gasteiger partial charge in [0.05, 0.1) is 7.11 Å². The topological polar surface area (TPSA) is 55.3 Å². The minimum Gasteiger partial charge on any atom is -0.465 e. The number of rotatable bonds is 5. The van der Waals surface area contributed by atoms with E-state index in [0.717, 1.165) is 12.5 Å². The maximum Gasteiger partial charge on any atom is 0.343 e. The molecule has 0 spiro atoms. The summed E-state index contributed by atoms with van der Waals surface area (Å²) < 4.78 is 4.82. The fourth-order valence-corrected chi connectivity index (χ4v) is 2.05. The van der Waals surface area contributed by atoms with Crippen LogP contribution in [0.3, 0.4) is 0 Å². The van der Waals surface area contributed by atoms with Crippen molar-refractivity contribution in [2.45, 2.75) is 39.7 Å². The Labute approximate surface area is 114 Å². The van der Waals surface area contributed by atoms with Gasteiger partial charge in [-0.05, 0) is 39.5 Å². The number of aromatic nitrogens is 2. The Kier molecular flexibility index (Phi) is 4.02. The lowest BCUT2D eigenvalue weighted by atomic mass is 10.2. The summed E-state index contributed by atoms with van der Waals surface area (Å²) in [6.07, 6.45) is 4.09. The van der Waals surface area contributed by atoms with Crippen molar-refractivity contribution in [1.82, 2.24) is 9.97 Å². The quantitative estimate of drug-likeness (QED) is 0.762. The number of carbonyl (C=O) groups excluding carboxylic acids is 1. The van der Waals surface area contributed by atoms with Gasteiger partial charge in [0, 0.05) is 18.8 Å². The second-order valence-electron chi connectivity index (χ2n) is 5.34. The minimum absolute atomic E-state index is 0.290. The second kappa shape index (κ2) is 5.55. The monoisotopic (exact) mass is 263 g/mol. The third-order valence-corrected chi connectivity index (χ3v) is 3.34. The van der Waals surface area contributed by atoms with E-state index in [1.807, 2.05) is 6.92 Å². The standard InChI is InChI=1S/C14H21N3O2/c1-9(2)17(8-11-5-6-11)13-12(14(18)19-4)7-15-10(3)16-13/h7,9,11H,5-6,8H2,1-4H3. The highest BCUT2D eigenvalue weighted by molar-refractivity contribution is 5.94. The molecule has 0 aromatic carbocycles. The Morgan fingerprint density at radius 3 is 2.74 bits per heavy atom. The van der Waals surface area contributed by atoms with Crippen molar-refractivity contribution >= 4 is 11.8 Å². The summed E-state index contributed by atoms with van der Waals surface area (Å²) in [5, 5.41) is 0. The molecule has 1 saturated carbocycles. The average molecular weight is 263 g/mol. The predicted molar refractivity (Wildman–Crippen MR) is 73.3 cm³/mol. The van der Waals surface area contributed by atoms with Gasteiger partial charge in [-0.1, -0.05) is 0 Å². The lowest BCUT2D eigenvalue weighted by molar-refractivity contribution is 0.0600. The van der Waals surface area contributed by atoms with Gasteiger partial charge in [0.25, 0.3) is 0 Å². The van der Waals surface area contributed by atoms with Crippen molar-refractivity contribution in [3.05, 3.63) is 17.6 Å². The van der Waals surface area contributed by atoms with Crippen LogP contribution in [0.5, 0.6) is 0 Å². The summed E-state index contributed by atoms with van der Waals surface area (Å²) in [6, 6.07) is 0.290. The molecule has 0 amide bonds. The summed E-state index contributed by atoms with van der Waals surface area (Å²) in [4.78, 5) is 22.6. The van der Waals surface area contributed by atoms with Crippen LogP contribution in [0.2, 0.25) is 0 Å². The molecule has 0 bridgehead atoms. The first-order chi connectivity index (χ1) is 9.02. The van der Waals surface area contributed by atoms with E-state index in [2.05, 4.69) is 28.7 Å². The van der Waals surface area contributed by atoms with Crippen LogP contribution in [-0.4, -0.2) is 35.6 Å². The van der Waals surface area contributed by atoms with Gasteiger partial charge in [0.1, 0.15) is 17.2 Å². The SMILES string of the molecule is COC(=O)c1cnc(C)nc1N(CC1CC1)C(C)C. The Morgan fingerprint density at radius 1 is 1.53 bits per heavy atom. The molecule has 5 heteroatoms. The van der Waals surface area contributed by atoms with Crippen molar-refractivity contribution in [1.29, 1.82) is 0 Å². The van der Waals surface area contributed by atoms with Crippen molar-refractivity contribution in [2.24, 2.45) is 5.92 Å². The molecule has 19 heavy (non-hydrogen) atoms. The number of methoxy groups -OCH3 is 1. The van der Waals surface area contributed by atoms with E-state index in [0.29, 0.717) is 23.2 Å². The fraction of sp³-hybridized carbons (Fsp3) is 0.643. The largest absolute Gasteiger partial charge is 0.465 e. The minimum atomic E-state index is -0.378. The zero-order valence-electron chi connectivity index (χ0n) is 12.0. The van der Waals surface area contributed by atoms with Crippen molar-refractivity contribution in [2.75, 3.05) is 18.6 Å². The van der Waals surface area contributed by atoms with E-state index >= 15 is 0 Å². The number of hydrogen-bond donors (Lipinski definition) is 0. The predicted octanol–water partition coefficient (Wildman–Crippen LogP) is 2.20. The molecule has 2 rings (SSSR count). The number of anilines is 1. The Bertz CT molecular complexity index is 470. The van der Waals surface area contributed by atoms with E-state index in [1.54, 1.807) is 6.20 Å². The first-order valence-corrected chi connectivity index (χ1v) is 6.71. The molecule has 0 saturated heterocycles. The van der Waals surface area contributed by atoms with Crippen LogP contribution in [0.1, 0.15) is 42.9 Å². The van der Waals surface area contributed by atoms with E-state index < -0.39 is 0 Å². The van der Waals surface area contributed by atoms with Crippen molar-refractivity contribution < 1.29 is 9.53 Å². The molecular formula is C14H21N3O2. The zero-order chi connectivity index (χ0) is 14.0. The molecule has 5 nitrogen and oxygen atoms in total. The van der Waals surface area contributed by atoms with E-state index in [4.69, 9.17) is 4.74 Å². The number of nitrogens with zero attached hydrogens (tertiary/aromatic N) is 3. The first-order valence-electron chi connectivity index (χ1n) is 6.71.